The van der Waals surface area contributed by atoms with Crippen LogP contribution in [0.25, 0.3) is 0 Å². The summed E-state index contributed by atoms with van der Waals surface area (Å²) in [6.07, 6.45) is 3.84. The van der Waals surface area contributed by atoms with Crippen LogP contribution >= 0.6 is 0 Å². The second kappa shape index (κ2) is 5.48. The van der Waals surface area contributed by atoms with Gasteiger partial charge in [0.1, 0.15) is 0 Å². The number of morpholine rings is 1. The van der Waals surface area contributed by atoms with Crippen LogP contribution in [0.3, 0.4) is 0 Å². The average Bonchev–Trinajstić information content (AvgIpc) is 2.27. The van der Waals surface area contributed by atoms with Gasteiger partial charge < -0.3 is 10.5 Å². The molecule has 0 amide bonds. The molecule has 0 bridgehead atoms. The third kappa shape index (κ3) is 2.96. The van der Waals surface area contributed by atoms with Gasteiger partial charge in [-0.3, -0.25) is 4.90 Å². The molecule has 3 heteroatoms. The summed E-state index contributed by atoms with van der Waals surface area (Å²) in [5.41, 5.74) is 6.25. The fraction of sp³-hybridized carbons (Fsp3) is 1.00. The van der Waals surface area contributed by atoms with Gasteiger partial charge in [0, 0.05) is 25.2 Å². The molecule has 2 rings (SSSR count). The molecule has 2 N–H and O–H groups in total. The standard InChI is InChI=1S/C13H26N2O/c1-10-3-4-13(14)12(7-10)8-15-5-6-16-9-11(15)2/h10-13H,3-9,14H2,1-2H3. The van der Waals surface area contributed by atoms with Gasteiger partial charge in [0.15, 0.2) is 0 Å². The maximum absolute atomic E-state index is 6.25. The minimum Gasteiger partial charge on any atom is -0.379 e. The van der Waals surface area contributed by atoms with Gasteiger partial charge in [0.2, 0.25) is 0 Å². The quantitative estimate of drug-likeness (QED) is 0.775. The summed E-state index contributed by atoms with van der Waals surface area (Å²) >= 11 is 0. The van der Waals surface area contributed by atoms with Crippen molar-refractivity contribution >= 4 is 0 Å². The van der Waals surface area contributed by atoms with Crippen LogP contribution in [0.15, 0.2) is 0 Å². The number of nitrogens with zero attached hydrogens (tertiary/aromatic N) is 1. The number of rotatable bonds is 2. The van der Waals surface area contributed by atoms with E-state index in [1.165, 1.54) is 25.8 Å². The fourth-order valence-electron chi connectivity index (χ4n) is 3.07. The second-order valence-corrected chi connectivity index (χ2v) is 5.76. The van der Waals surface area contributed by atoms with E-state index in [1.807, 2.05) is 0 Å². The summed E-state index contributed by atoms with van der Waals surface area (Å²) in [6.45, 7) is 8.66. The molecule has 2 fully saturated rings. The van der Waals surface area contributed by atoms with E-state index in [4.69, 9.17) is 10.5 Å². The fourth-order valence-corrected chi connectivity index (χ4v) is 3.07. The molecule has 1 heterocycles. The number of ether oxygens (including phenoxy) is 1. The molecule has 0 aromatic rings. The third-order valence-corrected chi connectivity index (χ3v) is 4.28. The van der Waals surface area contributed by atoms with E-state index in [2.05, 4.69) is 18.7 Å². The minimum absolute atomic E-state index is 0.422. The van der Waals surface area contributed by atoms with Crippen LogP contribution in [0.2, 0.25) is 0 Å². The Morgan fingerprint density at radius 3 is 2.88 bits per heavy atom. The first-order chi connectivity index (χ1) is 7.66. The molecule has 1 aliphatic carbocycles. The van der Waals surface area contributed by atoms with Gasteiger partial charge in [-0.25, -0.2) is 0 Å². The smallest absolute Gasteiger partial charge is 0.0619 e. The van der Waals surface area contributed by atoms with Crippen molar-refractivity contribution in [1.29, 1.82) is 0 Å². The van der Waals surface area contributed by atoms with Gasteiger partial charge in [-0.2, -0.15) is 0 Å². The lowest BCUT2D eigenvalue weighted by Gasteiger charge is -2.40. The number of hydrogen-bond donors (Lipinski definition) is 1. The Morgan fingerprint density at radius 1 is 1.31 bits per heavy atom. The molecule has 16 heavy (non-hydrogen) atoms. The van der Waals surface area contributed by atoms with Crippen molar-refractivity contribution in [2.24, 2.45) is 17.6 Å². The molecule has 1 saturated carbocycles. The molecule has 4 unspecified atom stereocenters. The normalized spacial score (nSPS) is 42.2. The van der Waals surface area contributed by atoms with Crippen molar-refractivity contribution in [3.8, 4) is 0 Å². The van der Waals surface area contributed by atoms with Gasteiger partial charge in [-0.15, -0.1) is 0 Å². The molecule has 0 radical (unpaired) electrons. The summed E-state index contributed by atoms with van der Waals surface area (Å²) in [4.78, 5) is 2.56. The van der Waals surface area contributed by atoms with E-state index < -0.39 is 0 Å². The number of hydrogen-bond acceptors (Lipinski definition) is 3. The minimum atomic E-state index is 0.422. The van der Waals surface area contributed by atoms with Gasteiger partial charge in [-0.1, -0.05) is 6.92 Å². The summed E-state index contributed by atoms with van der Waals surface area (Å²) in [5.74, 6) is 1.56. The monoisotopic (exact) mass is 226 g/mol. The molecule has 0 spiro atoms. The van der Waals surface area contributed by atoms with E-state index in [-0.39, 0.29) is 0 Å². The maximum Gasteiger partial charge on any atom is 0.0619 e. The van der Waals surface area contributed by atoms with Crippen LogP contribution in [0.4, 0.5) is 0 Å². The summed E-state index contributed by atoms with van der Waals surface area (Å²) in [6, 6.07) is 0.990. The van der Waals surface area contributed by atoms with Gasteiger partial charge >= 0.3 is 0 Å². The first-order valence-electron chi connectivity index (χ1n) is 6.74. The maximum atomic E-state index is 6.25. The summed E-state index contributed by atoms with van der Waals surface area (Å²) < 4.78 is 5.48. The van der Waals surface area contributed by atoms with E-state index >= 15 is 0 Å². The molecular formula is C13H26N2O. The summed E-state index contributed by atoms with van der Waals surface area (Å²) in [7, 11) is 0. The van der Waals surface area contributed by atoms with Crippen molar-refractivity contribution in [2.45, 2.75) is 45.2 Å². The van der Waals surface area contributed by atoms with Crippen LogP contribution in [0.5, 0.6) is 0 Å². The molecule has 94 valence electrons. The molecule has 1 aliphatic heterocycles. The lowest BCUT2D eigenvalue weighted by Crippen LogP contribution is -2.49. The Labute approximate surface area is 99.3 Å². The molecule has 2 aliphatic rings. The molecule has 0 aromatic heterocycles. The highest BCUT2D eigenvalue weighted by molar-refractivity contribution is 4.85. The highest BCUT2D eigenvalue weighted by Crippen LogP contribution is 2.29. The highest BCUT2D eigenvalue weighted by atomic mass is 16.5. The molecule has 0 aromatic carbocycles. The van der Waals surface area contributed by atoms with Gasteiger partial charge in [-0.05, 0) is 38.0 Å². The van der Waals surface area contributed by atoms with Crippen LogP contribution in [-0.4, -0.2) is 43.3 Å². The Morgan fingerprint density at radius 2 is 2.12 bits per heavy atom. The van der Waals surface area contributed by atoms with Crippen molar-refractivity contribution in [3.05, 3.63) is 0 Å². The average molecular weight is 226 g/mol. The number of nitrogens with two attached hydrogens (primary N) is 1. The van der Waals surface area contributed by atoms with Crippen molar-refractivity contribution in [2.75, 3.05) is 26.3 Å². The molecule has 4 atom stereocenters. The van der Waals surface area contributed by atoms with Crippen molar-refractivity contribution < 1.29 is 4.74 Å². The summed E-state index contributed by atoms with van der Waals surface area (Å²) in [5, 5.41) is 0. The topological polar surface area (TPSA) is 38.5 Å². The SMILES string of the molecule is CC1CCC(N)C(CN2CCOCC2C)C1. The molecule has 3 nitrogen and oxygen atoms in total. The van der Waals surface area contributed by atoms with E-state index in [9.17, 15) is 0 Å². The largest absolute Gasteiger partial charge is 0.379 e. The molecule has 1 saturated heterocycles. The lowest BCUT2D eigenvalue weighted by molar-refractivity contribution is -0.0128. The zero-order chi connectivity index (χ0) is 11.5. The van der Waals surface area contributed by atoms with Crippen LogP contribution in [0.1, 0.15) is 33.1 Å². The van der Waals surface area contributed by atoms with Gasteiger partial charge in [0.05, 0.1) is 13.2 Å². The Balaban J connectivity index is 1.86. The zero-order valence-electron chi connectivity index (χ0n) is 10.7. The lowest BCUT2D eigenvalue weighted by atomic mass is 9.79. The van der Waals surface area contributed by atoms with Crippen LogP contribution < -0.4 is 5.73 Å². The van der Waals surface area contributed by atoms with Gasteiger partial charge in [0.25, 0.3) is 0 Å². The Kier molecular flexibility index (Phi) is 4.22. The van der Waals surface area contributed by atoms with Crippen molar-refractivity contribution in [1.82, 2.24) is 4.90 Å². The predicted molar refractivity (Wildman–Crippen MR) is 66.3 cm³/mol. The Hall–Kier alpha value is -0.120. The van der Waals surface area contributed by atoms with E-state index in [1.54, 1.807) is 0 Å². The first-order valence-corrected chi connectivity index (χ1v) is 6.74. The van der Waals surface area contributed by atoms with Crippen molar-refractivity contribution in [3.63, 3.8) is 0 Å². The third-order valence-electron chi connectivity index (χ3n) is 4.28. The highest BCUT2D eigenvalue weighted by Gasteiger charge is 2.29. The van der Waals surface area contributed by atoms with E-state index in [0.717, 1.165) is 25.7 Å². The molecular weight excluding hydrogens is 200 g/mol. The first kappa shape index (κ1) is 12.3. The van der Waals surface area contributed by atoms with Crippen LogP contribution in [-0.2, 0) is 4.74 Å². The predicted octanol–water partition coefficient (Wildman–Crippen LogP) is 1.47. The Bertz CT molecular complexity index is 222. The van der Waals surface area contributed by atoms with E-state index in [0.29, 0.717) is 18.0 Å². The zero-order valence-corrected chi connectivity index (χ0v) is 10.7. The second-order valence-electron chi connectivity index (χ2n) is 5.76. The van der Waals surface area contributed by atoms with Crippen LogP contribution in [0, 0.1) is 11.8 Å².